The summed E-state index contributed by atoms with van der Waals surface area (Å²) in [5.74, 6) is -2.98. The highest BCUT2D eigenvalue weighted by atomic mass is 19.4. The molecule has 9 nitrogen and oxygen atoms in total. The molecule has 0 saturated heterocycles. The van der Waals surface area contributed by atoms with Gasteiger partial charge in [0.1, 0.15) is 17.9 Å². The van der Waals surface area contributed by atoms with Gasteiger partial charge in [0.25, 0.3) is 0 Å². The number of unbranched alkanes of at least 4 members (excludes halogenated alkanes) is 6. The molecule has 320 valence electrons. The van der Waals surface area contributed by atoms with Crippen LogP contribution in [0.2, 0.25) is 0 Å². The quantitative estimate of drug-likeness (QED) is 0.0419. The van der Waals surface area contributed by atoms with Crippen molar-refractivity contribution in [2.45, 2.75) is 128 Å². The average Bonchev–Trinajstić information content (AvgIpc) is 3.51. The number of rotatable bonds is 21. The number of alkyl halides is 6. The molecule has 0 spiro atoms. The molecule has 2 atom stereocenters. The van der Waals surface area contributed by atoms with Crippen LogP contribution in [0.25, 0.3) is 0 Å². The number of hydrogen-bond donors (Lipinski definition) is 2. The Kier molecular flexibility index (Phi) is 15.5. The van der Waals surface area contributed by atoms with Crippen LogP contribution in [0.5, 0.6) is 11.5 Å². The van der Waals surface area contributed by atoms with E-state index in [0.29, 0.717) is 59.6 Å². The summed E-state index contributed by atoms with van der Waals surface area (Å²) in [6.07, 6.45) is 3.90. The molecule has 15 heteroatoms. The Morgan fingerprint density at radius 3 is 1.92 bits per heavy atom. The van der Waals surface area contributed by atoms with Gasteiger partial charge in [0.15, 0.2) is 12.3 Å². The fraction of sp³-hybridized carbons (Fsp3) is 0.500. The molecule has 2 aliphatic rings. The van der Waals surface area contributed by atoms with Gasteiger partial charge >= 0.3 is 24.7 Å². The van der Waals surface area contributed by atoms with E-state index in [1.165, 1.54) is 36.4 Å². The van der Waals surface area contributed by atoms with Crippen LogP contribution in [0.3, 0.4) is 0 Å². The van der Waals surface area contributed by atoms with Crippen molar-refractivity contribution in [3.63, 3.8) is 0 Å². The Hall–Kier alpha value is -5.26. The van der Waals surface area contributed by atoms with Crippen molar-refractivity contribution in [2.24, 2.45) is 0 Å². The van der Waals surface area contributed by atoms with Crippen molar-refractivity contribution >= 4 is 29.0 Å². The number of nitriles is 1. The summed E-state index contributed by atoms with van der Waals surface area (Å²) >= 11 is 0. The van der Waals surface area contributed by atoms with Crippen molar-refractivity contribution in [3.05, 3.63) is 83.1 Å². The summed E-state index contributed by atoms with van der Waals surface area (Å²) in [5, 5.41) is 29.7. The van der Waals surface area contributed by atoms with E-state index >= 15 is 0 Å². The molecule has 2 heterocycles. The molecular weight excluding hydrogens is 780 g/mol. The molecule has 0 aliphatic carbocycles. The number of halogens is 6. The molecule has 0 aromatic heterocycles. The lowest BCUT2D eigenvalue weighted by molar-refractivity contribution is -0.436. The number of nitrogens with zero attached hydrogens (tertiary/aromatic N) is 3. The maximum absolute atomic E-state index is 13.3. The number of carboxylic acids is 2. The van der Waals surface area contributed by atoms with E-state index in [1.807, 2.05) is 13.8 Å². The van der Waals surface area contributed by atoms with Crippen LogP contribution >= 0.6 is 0 Å². The lowest BCUT2D eigenvalue weighted by Crippen LogP contribution is -2.32. The van der Waals surface area contributed by atoms with Gasteiger partial charge in [-0.2, -0.15) is 9.84 Å². The molecule has 2 aromatic carbocycles. The highest BCUT2D eigenvalue weighted by molar-refractivity contribution is 6.04. The van der Waals surface area contributed by atoms with E-state index in [4.69, 9.17) is 0 Å². The second-order valence-corrected chi connectivity index (χ2v) is 15.3. The van der Waals surface area contributed by atoms with Crippen molar-refractivity contribution < 1.29 is 60.2 Å². The minimum Gasteiger partial charge on any atom is -0.481 e. The van der Waals surface area contributed by atoms with Gasteiger partial charge in [0.2, 0.25) is 5.69 Å². The fourth-order valence-electron chi connectivity index (χ4n) is 8.16. The third-order valence-corrected chi connectivity index (χ3v) is 11.0. The maximum Gasteiger partial charge on any atom is 0.573 e. The number of fused-ring (bicyclic) bond motifs is 2. The van der Waals surface area contributed by atoms with Gasteiger partial charge < -0.3 is 24.6 Å². The van der Waals surface area contributed by atoms with Gasteiger partial charge in [-0.3, -0.25) is 9.59 Å². The summed E-state index contributed by atoms with van der Waals surface area (Å²) in [7, 11) is 0. The Bertz CT molecular complexity index is 2010. The molecular formula is C44H52F6N3O6+. The predicted molar refractivity (Wildman–Crippen MR) is 211 cm³/mol. The zero-order valence-electron chi connectivity index (χ0n) is 33.8. The molecule has 0 saturated carbocycles. The SMILES string of the molecule is CCCCCCC1(C)C(/C=C/C(C#N)=C/C=C2/N(CCC(=O)O)c3ccc(OC(F)(F)F)cc3C2(C)CCCCCC)=[N+](CCC(=O)O)c2ccc(OC(F)(F)F)cc21. The third-order valence-electron chi connectivity index (χ3n) is 11.0. The number of allylic oxidation sites excluding steroid dienone is 6. The molecule has 0 radical (unpaired) electrons. The largest absolute Gasteiger partial charge is 0.573 e. The minimum atomic E-state index is -4.94. The summed E-state index contributed by atoms with van der Waals surface area (Å²) in [4.78, 5) is 25.3. The minimum absolute atomic E-state index is 0.00505. The second kappa shape index (κ2) is 19.7. The van der Waals surface area contributed by atoms with Crippen LogP contribution < -0.4 is 14.4 Å². The Balaban J connectivity index is 1.87. The summed E-state index contributed by atoms with van der Waals surface area (Å²) < 4.78 is 90.3. The van der Waals surface area contributed by atoms with Crippen LogP contribution in [0.4, 0.5) is 37.7 Å². The fourth-order valence-corrected chi connectivity index (χ4v) is 8.16. The topological polar surface area (TPSA) is 123 Å². The van der Waals surface area contributed by atoms with Gasteiger partial charge in [-0.05, 0) is 80.8 Å². The molecule has 0 bridgehead atoms. The van der Waals surface area contributed by atoms with Gasteiger partial charge in [-0.1, -0.05) is 65.2 Å². The zero-order chi connectivity index (χ0) is 43.6. The predicted octanol–water partition coefficient (Wildman–Crippen LogP) is 11.4. The second-order valence-electron chi connectivity index (χ2n) is 15.3. The summed E-state index contributed by atoms with van der Waals surface area (Å²) in [6, 6.07) is 10.2. The normalized spacial score (nSPS) is 20.0. The zero-order valence-corrected chi connectivity index (χ0v) is 33.8. The summed E-state index contributed by atoms with van der Waals surface area (Å²) in [6.45, 7) is 7.85. The number of ether oxygens (including phenoxy) is 2. The first-order valence-electron chi connectivity index (χ1n) is 19.9. The van der Waals surface area contributed by atoms with Crippen LogP contribution in [0.15, 0.2) is 72.0 Å². The van der Waals surface area contributed by atoms with Crippen molar-refractivity contribution in [2.75, 3.05) is 18.0 Å². The van der Waals surface area contributed by atoms with E-state index in [1.54, 1.807) is 33.8 Å². The van der Waals surface area contributed by atoms with E-state index in [2.05, 4.69) is 29.4 Å². The highest BCUT2D eigenvalue weighted by Crippen LogP contribution is 2.52. The Labute approximate surface area is 340 Å². The van der Waals surface area contributed by atoms with Gasteiger partial charge in [-0.25, -0.2) is 0 Å². The number of anilines is 1. The van der Waals surface area contributed by atoms with Crippen molar-refractivity contribution in [1.82, 2.24) is 0 Å². The molecule has 2 unspecified atom stereocenters. The molecule has 2 N–H and O–H groups in total. The number of hydrogen-bond acceptors (Lipinski definition) is 6. The van der Waals surface area contributed by atoms with Crippen LogP contribution in [-0.4, -0.2) is 58.3 Å². The summed E-state index contributed by atoms with van der Waals surface area (Å²) in [5.41, 5.74) is 1.58. The smallest absolute Gasteiger partial charge is 0.481 e. The highest BCUT2D eigenvalue weighted by Gasteiger charge is 2.48. The molecule has 0 fully saturated rings. The average molecular weight is 833 g/mol. The van der Waals surface area contributed by atoms with Crippen LogP contribution in [-0.2, 0) is 20.4 Å². The maximum atomic E-state index is 13.3. The van der Waals surface area contributed by atoms with Crippen LogP contribution in [0, 0.1) is 11.3 Å². The van der Waals surface area contributed by atoms with E-state index < -0.39 is 47.0 Å². The van der Waals surface area contributed by atoms with Crippen molar-refractivity contribution in [3.8, 4) is 17.6 Å². The molecule has 2 aromatic rings. The van der Waals surface area contributed by atoms with Gasteiger partial charge in [0.05, 0.1) is 23.5 Å². The molecule has 2 aliphatic heterocycles. The first kappa shape index (κ1) is 46.4. The van der Waals surface area contributed by atoms with E-state index in [0.717, 1.165) is 38.5 Å². The van der Waals surface area contributed by atoms with E-state index in [9.17, 15) is 51.4 Å². The van der Waals surface area contributed by atoms with Crippen LogP contribution in [0.1, 0.15) is 116 Å². The lowest BCUT2D eigenvalue weighted by atomic mass is 9.75. The standard InChI is InChI=1S/C44H51F6N3O6/c1-5-7-9-11-23-41(3)33-27-31(58-43(45,46)47)15-17-35(33)52(25-21-39(54)55)37(41)19-13-30(29-51)14-20-38-42(4,24-12-10-8-6-2)34-28-32(59-44(48,49)50)16-18-36(34)53(38)26-22-40(56)57/h13-20,27-28H,5-12,21-26H2,1-4H3,(H-,54,55,56,57)/p+1. The van der Waals surface area contributed by atoms with Gasteiger partial charge in [0, 0.05) is 41.1 Å². The number of carboxylic acid groups (broad SMARTS) is 2. The molecule has 59 heavy (non-hydrogen) atoms. The number of carbonyl (C=O) groups is 2. The van der Waals surface area contributed by atoms with Crippen molar-refractivity contribution in [1.29, 1.82) is 5.26 Å². The van der Waals surface area contributed by atoms with E-state index in [-0.39, 0.29) is 31.5 Å². The van der Waals surface area contributed by atoms with Gasteiger partial charge in [-0.15, -0.1) is 26.3 Å². The number of aliphatic carboxylic acids is 2. The Morgan fingerprint density at radius 2 is 1.37 bits per heavy atom. The monoisotopic (exact) mass is 832 g/mol. The third kappa shape index (κ3) is 11.9. The first-order chi connectivity index (χ1) is 27.8. The molecule has 4 rings (SSSR count). The first-order valence-corrected chi connectivity index (χ1v) is 19.9. The number of benzene rings is 2. The molecule has 0 amide bonds. The lowest BCUT2D eigenvalue weighted by Gasteiger charge is -2.30. The Morgan fingerprint density at radius 1 is 0.814 bits per heavy atom.